The zero-order valence-corrected chi connectivity index (χ0v) is 12.0. The van der Waals surface area contributed by atoms with E-state index >= 15 is 0 Å². The van der Waals surface area contributed by atoms with Crippen molar-refractivity contribution in [2.75, 3.05) is 7.11 Å². The fourth-order valence-electron chi connectivity index (χ4n) is 2.41. The van der Waals surface area contributed by atoms with Crippen molar-refractivity contribution in [2.45, 2.75) is 45.1 Å². The fourth-order valence-corrected chi connectivity index (χ4v) is 2.41. The number of esters is 1. The molecule has 0 fully saturated rings. The van der Waals surface area contributed by atoms with E-state index in [1.54, 1.807) is 18.2 Å². The Bertz CT molecular complexity index is 507. The van der Waals surface area contributed by atoms with Crippen molar-refractivity contribution in [2.24, 2.45) is 0 Å². The Kier molecular flexibility index (Phi) is 4.77. The summed E-state index contributed by atoms with van der Waals surface area (Å²) in [5.41, 5.74) is 1.49. The topological polar surface area (TPSA) is 52.6 Å². The SMILES string of the molecule is CCCCC(=O)CC1Cc2cc(C(=O)OC)ccc2O1. The Morgan fingerprint density at radius 2 is 2.20 bits per heavy atom. The number of hydrogen-bond acceptors (Lipinski definition) is 4. The predicted octanol–water partition coefficient (Wildman–Crippen LogP) is 2.93. The first-order valence-electron chi connectivity index (χ1n) is 7.03. The Hall–Kier alpha value is -1.84. The molecule has 0 amide bonds. The number of benzene rings is 1. The third-order valence-electron chi connectivity index (χ3n) is 3.49. The third kappa shape index (κ3) is 3.38. The minimum atomic E-state index is -0.352. The first kappa shape index (κ1) is 14.6. The van der Waals surface area contributed by atoms with Gasteiger partial charge in [-0.15, -0.1) is 0 Å². The summed E-state index contributed by atoms with van der Waals surface area (Å²) in [4.78, 5) is 23.3. The maximum absolute atomic E-state index is 11.8. The number of unbranched alkanes of at least 4 members (excludes halogenated alkanes) is 1. The summed E-state index contributed by atoms with van der Waals surface area (Å²) < 4.78 is 10.5. The lowest BCUT2D eigenvalue weighted by Crippen LogP contribution is -2.18. The van der Waals surface area contributed by atoms with Crippen LogP contribution in [0.4, 0.5) is 0 Å². The van der Waals surface area contributed by atoms with Crippen molar-refractivity contribution in [1.82, 2.24) is 0 Å². The second kappa shape index (κ2) is 6.55. The van der Waals surface area contributed by atoms with Crippen LogP contribution in [0.15, 0.2) is 18.2 Å². The summed E-state index contributed by atoms with van der Waals surface area (Å²) in [5, 5.41) is 0. The van der Waals surface area contributed by atoms with Gasteiger partial charge in [-0.25, -0.2) is 4.79 Å². The number of carbonyl (C=O) groups is 2. The van der Waals surface area contributed by atoms with E-state index in [0.717, 1.165) is 24.2 Å². The van der Waals surface area contributed by atoms with Gasteiger partial charge in [0.25, 0.3) is 0 Å². The maximum atomic E-state index is 11.8. The average Bonchev–Trinajstić information content (AvgIpc) is 2.85. The molecule has 0 radical (unpaired) electrons. The van der Waals surface area contributed by atoms with Gasteiger partial charge in [0.15, 0.2) is 0 Å². The lowest BCUT2D eigenvalue weighted by molar-refractivity contribution is -0.120. The molecule has 2 rings (SSSR count). The highest BCUT2D eigenvalue weighted by molar-refractivity contribution is 5.89. The highest BCUT2D eigenvalue weighted by atomic mass is 16.5. The van der Waals surface area contributed by atoms with Crippen LogP contribution >= 0.6 is 0 Å². The van der Waals surface area contributed by atoms with Crippen molar-refractivity contribution < 1.29 is 19.1 Å². The normalized spacial score (nSPS) is 16.4. The molecule has 0 spiro atoms. The van der Waals surface area contributed by atoms with Gasteiger partial charge in [0.2, 0.25) is 0 Å². The third-order valence-corrected chi connectivity index (χ3v) is 3.49. The predicted molar refractivity (Wildman–Crippen MR) is 75.1 cm³/mol. The first-order chi connectivity index (χ1) is 9.63. The molecule has 1 aliphatic rings. The van der Waals surface area contributed by atoms with Crippen LogP contribution in [-0.4, -0.2) is 25.0 Å². The fraction of sp³-hybridized carbons (Fsp3) is 0.500. The second-order valence-corrected chi connectivity index (χ2v) is 5.10. The van der Waals surface area contributed by atoms with Crippen molar-refractivity contribution >= 4 is 11.8 Å². The molecule has 4 nitrogen and oxygen atoms in total. The molecule has 1 aliphatic heterocycles. The number of carbonyl (C=O) groups excluding carboxylic acids is 2. The molecule has 0 N–H and O–H groups in total. The van der Waals surface area contributed by atoms with Gasteiger partial charge < -0.3 is 9.47 Å². The van der Waals surface area contributed by atoms with Gasteiger partial charge in [-0.2, -0.15) is 0 Å². The van der Waals surface area contributed by atoms with Gasteiger partial charge in [-0.05, 0) is 30.2 Å². The molecule has 0 aromatic heterocycles. The smallest absolute Gasteiger partial charge is 0.337 e. The van der Waals surface area contributed by atoms with Crippen molar-refractivity contribution in [3.05, 3.63) is 29.3 Å². The molecular weight excluding hydrogens is 256 g/mol. The zero-order chi connectivity index (χ0) is 14.5. The Labute approximate surface area is 119 Å². The highest BCUT2D eigenvalue weighted by Crippen LogP contribution is 2.31. The summed E-state index contributed by atoms with van der Waals surface area (Å²) in [5.74, 6) is 0.666. The first-order valence-corrected chi connectivity index (χ1v) is 7.03. The molecule has 1 unspecified atom stereocenters. The molecule has 1 aromatic rings. The van der Waals surface area contributed by atoms with E-state index in [2.05, 4.69) is 6.92 Å². The lowest BCUT2D eigenvalue weighted by Gasteiger charge is -2.09. The standard InChI is InChI=1S/C16H20O4/c1-3-4-5-13(17)10-14-9-12-8-11(16(18)19-2)6-7-15(12)20-14/h6-8,14H,3-5,9-10H2,1-2H3. The Balaban J connectivity index is 1.97. The van der Waals surface area contributed by atoms with Crippen LogP contribution in [0, 0.1) is 0 Å². The van der Waals surface area contributed by atoms with E-state index in [1.165, 1.54) is 7.11 Å². The molecule has 20 heavy (non-hydrogen) atoms. The van der Waals surface area contributed by atoms with Gasteiger partial charge in [-0.1, -0.05) is 13.3 Å². The molecule has 108 valence electrons. The van der Waals surface area contributed by atoms with Gasteiger partial charge >= 0.3 is 5.97 Å². The summed E-state index contributed by atoms with van der Waals surface area (Å²) in [6, 6.07) is 5.25. The molecule has 0 bridgehead atoms. The van der Waals surface area contributed by atoms with Crippen LogP contribution in [0.25, 0.3) is 0 Å². The van der Waals surface area contributed by atoms with Gasteiger partial charge in [-0.3, -0.25) is 4.79 Å². The Morgan fingerprint density at radius 3 is 2.90 bits per heavy atom. The number of ketones is 1. The van der Waals surface area contributed by atoms with Gasteiger partial charge in [0, 0.05) is 19.3 Å². The number of fused-ring (bicyclic) bond motifs is 1. The summed E-state index contributed by atoms with van der Waals surface area (Å²) in [6.45, 7) is 2.07. The van der Waals surface area contributed by atoms with E-state index in [-0.39, 0.29) is 17.9 Å². The molecule has 0 saturated carbocycles. The maximum Gasteiger partial charge on any atom is 0.337 e. The number of methoxy groups -OCH3 is 1. The van der Waals surface area contributed by atoms with E-state index < -0.39 is 0 Å². The molecule has 4 heteroatoms. The number of hydrogen-bond donors (Lipinski definition) is 0. The monoisotopic (exact) mass is 276 g/mol. The number of Topliss-reactive ketones (excluding diaryl/α,β-unsaturated/α-hetero) is 1. The van der Waals surface area contributed by atoms with Crippen LogP contribution in [0.3, 0.4) is 0 Å². The molecule has 1 aromatic carbocycles. The minimum absolute atomic E-state index is 0.0951. The molecule has 0 aliphatic carbocycles. The van der Waals surface area contributed by atoms with Crippen molar-refractivity contribution in [1.29, 1.82) is 0 Å². The van der Waals surface area contributed by atoms with E-state index in [9.17, 15) is 9.59 Å². The van der Waals surface area contributed by atoms with E-state index in [0.29, 0.717) is 24.8 Å². The van der Waals surface area contributed by atoms with Crippen LogP contribution in [-0.2, 0) is 16.0 Å². The van der Waals surface area contributed by atoms with Crippen LogP contribution in [0.2, 0.25) is 0 Å². The van der Waals surface area contributed by atoms with Gasteiger partial charge in [0.1, 0.15) is 17.6 Å². The molecule has 1 atom stereocenters. The molecule has 0 saturated heterocycles. The average molecular weight is 276 g/mol. The van der Waals surface area contributed by atoms with E-state index in [1.807, 2.05) is 0 Å². The van der Waals surface area contributed by atoms with Gasteiger partial charge in [0.05, 0.1) is 12.7 Å². The minimum Gasteiger partial charge on any atom is -0.489 e. The quantitative estimate of drug-likeness (QED) is 0.750. The number of rotatable bonds is 6. The summed E-state index contributed by atoms with van der Waals surface area (Å²) in [6.07, 6.45) is 3.62. The second-order valence-electron chi connectivity index (χ2n) is 5.10. The molecule has 1 heterocycles. The van der Waals surface area contributed by atoms with Crippen LogP contribution < -0.4 is 4.74 Å². The highest BCUT2D eigenvalue weighted by Gasteiger charge is 2.25. The lowest BCUT2D eigenvalue weighted by atomic mass is 10.0. The number of ether oxygens (including phenoxy) is 2. The zero-order valence-electron chi connectivity index (χ0n) is 12.0. The van der Waals surface area contributed by atoms with E-state index in [4.69, 9.17) is 9.47 Å². The van der Waals surface area contributed by atoms with Crippen molar-refractivity contribution in [3.8, 4) is 5.75 Å². The summed E-state index contributed by atoms with van der Waals surface area (Å²) >= 11 is 0. The largest absolute Gasteiger partial charge is 0.489 e. The summed E-state index contributed by atoms with van der Waals surface area (Å²) in [7, 11) is 1.36. The van der Waals surface area contributed by atoms with Crippen LogP contribution in [0.1, 0.15) is 48.5 Å². The van der Waals surface area contributed by atoms with Crippen LogP contribution in [0.5, 0.6) is 5.75 Å². The Morgan fingerprint density at radius 1 is 1.40 bits per heavy atom. The van der Waals surface area contributed by atoms with Crippen molar-refractivity contribution in [3.63, 3.8) is 0 Å². The molecular formula is C16H20O4.